The van der Waals surface area contributed by atoms with Crippen molar-refractivity contribution in [2.24, 2.45) is 0 Å². The number of hydrogen-bond donors (Lipinski definition) is 2. The lowest BCUT2D eigenvalue weighted by Gasteiger charge is -2.10. The minimum atomic E-state index is 0.176. The molecule has 5 nitrogen and oxygen atoms in total. The molecule has 0 unspecified atom stereocenters. The first-order valence-corrected chi connectivity index (χ1v) is 5.12. The molecule has 2 aromatic rings. The quantitative estimate of drug-likeness (QED) is 0.793. The van der Waals surface area contributed by atoms with Crippen molar-refractivity contribution in [2.45, 2.75) is 6.92 Å². The van der Waals surface area contributed by atoms with E-state index in [0.717, 1.165) is 5.56 Å². The van der Waals surface area contributed by atoms with Crippen LogP contribution in [-0.2, 0) is 0 Å². The van der Waals surface area contributed by atoms with E-state index >= 15 is 0 Å². The molecule has 0 radical (unpaired) electrons. The molecule has 1 heterocycles. The van der Waals surface area contributed by atoms with Crippen LogP contribution in [0.5, 0.6) is 11.6 Å². The molecule has 1 aromatic heterocycles. The molecule has 2 N–H and O–H groups in total. The van der Waals surface area contributed by atoms with Crippen molar-refractivity contribution in [3.63, 3.8) is 0 Å². The number of aromatic hydroxyl groups is 1. The Hall–Kier alpha value is -2.30. The molecule has 0 saturated heterocycles. The lowest BCUT2D eigenvalue weighted by molar-refractivity contribution is 0.396. The van der Waals surface area contributed by atoms with Gasteiger partial charge in [0.2, 0.25) is 5.88 Å². The number of nitrogens with one attached hydrogen (secondary N) is 1. The van der Waals surface area contributed by atoms with E-state index < -0.39 is 0 Å². The summed E-state index contributed by atoms with van der Waals surface area (Å²) in [5.74, 6) is 1.12. The molecule has 5 heteroatoms. The van der Waals surface area contributed by atoms with E-state index in [-0.39, 0.29) is 5.75 Å². The van der Waals surface area contributed by atoms with Crippen LogP contribution in [0.2, 0.25) is 0 Å². The molecule has 0 aliphatic carbocycles. The Morgan fingerprint density at radius 2 is 2.12 bits per heavy atom. The van der Waals surface area contributed by atoms with Crippen molar-refractivity contribution in [3.8, 4) is 11.6 Å². The van der Waals surface area contributed by atoms with Gasteiger partial charge in [0, 0.05) is 0 Å². The van der Waals surface area contributed by atoms with Gasteiger partial charge in [-0.1, -0.05) is 12.1 Å². The Labute approximate surface area is 99.1 Å². The van der Waals surface area contributed by atoms with Gasteiger partial charge < -0.3 is 15.2 Å². The molecule has 1 aromatic carbocycles. The highest BCUT2D eigenvalue weighted by Gasteiger charge is 2.06. The number of nitrogens with zero attached hydrogens (tertiary/aromatic N) is 2. The molecule has 0 amide bonds. The fourth-order valence-electron chi connectivity index (χ4n) is 1.45. The third-order valence-electron chi connectivity index (χ3n) is 2.33. The van der Waals surface area contributed by atoms with Crippen LogP contribution in [0.4, 0.5) is 11.5 Å². The van der Waals surface area contributed by atoms with E-state index in [9.17, 15) is 5.11 Å². The summed E-state index contributed by atoms with van der Waals surface area (Å²) < 4.78 is 4.98. The van der Waals surface area contributed by atoms with Crippen LogP contribution in [0.25, 0.3) is 0 Å². The highest BCUT2D eigenvalue weighted by atomic mass is 16.5. The van der Waals surface area contributed by atoms with Gasteiger partial charge in [-0.05, 0) is 18.6 Å². The molecule has 88 valence electrons. The van der Waals surface area contributed by atoms with Crippen LogP contribution in [0.3, 0.4) is 0 Å². The topological polar surface area (TPSA) is 67.3 Å². The van der Waals surface area contributed by atoms with Gasteiger partial charge in [0.15, 0.2) is 5.82 Å². The maximum atomic E-state index is 9.74. The normalized spacial score (nSPS) is 10.0. The molecule has 0 atom stereocenters. The molecule has 0 bridgehead atoms. The summed E-state index contributed by atoms with van der Waals surface area (Å²) in [5.41, 5.74) is 1.55. The third-order valence-corrected chi connectivity index (χ3v) is 2.33. The van der Waals surface area contributed by atoms with Crippen molar-refractivity contribution >= 4 is 11.5 Å². The first-order valence-electron chi connectivity index (χ1n) is 5.12. The standard InChI is InChI=1S/C12H13N3O2/c1-8-4-3-5-9(16)12(8)15-10-6-13-7-11(14-10)17-2/h3-7,16H,1-2H3,(H,14,15). The zero-order valence-corrected chi connectivity index (χ0v) is 9.64. The first-order chi connectivity index (χ1) is 8.20. The number of aryl methyl sites for hydroxylation is 1. The molecular weight excluding hydrogens is 218 g/mol. The Bertz CT molecular complexity index is 509. The summed E-state index contributed by atoms with van der Waals surface area (Å²) in [4.78, 5) is 8.14. The molecule has 0 spiro atoms. The Morgan fingerprint density at radius 3 is 2.82 bits per heavy atom. The number of phenolic OH excluding ortho intramolecular Hbond substituents is 1. The van der Waals surface area contributed by atoms with Crippen molar-refractivity contribution < 1.29 is 9.84 Å². The van der Waals surface area contributed by atoms with Gasteiger partial charge in [-0.25, -0.2) is 0 Å². The smallest absolute Gasteiger partial charge is 0.233 e. The number of benzene rings is 1. The summed E-state index contributed by atoms with van der Waals surface area (Å²) in [7, 11) is 1.53. The Kier molecular flexibility index (Phi) is 3.09. The summed E-state index contributed by atoms with van der Waals surface area (Å²) in [6.45, 7) is 1.90. The third kappa shape index (κ3) is 2.44. The Balaban J connectivity index is 2.31. The van der Waals surface area contributed by atoms with Crippen molar-refractivity contribution in [1.29, 1.82) is 0 Å². The van der Waals surface area contributed by atoms with Gasteiger partial charge in [-0.15, -0.1) is 0 Å². The average molecular weight is 231 g/mol. The van der Waals surface area contributed by atoms with Gasteiger partial charge >= 0.3 is 0 Å². The number of anilines is 2. The van der Waals surface area contributed by atoms with Gasteiger partial charge in [0.05, 0.1) is 25.2 Å². The monoisotopic (exact) mass is 231 g/mol. The number of ether oxygens (including phenoxy) is 1. The molecule has 0 fully saturated rings. The highest BCUT2D eigenvalue weighted by molar-refractivity contribution is 5.67. The molecule has 0 aliphatic rings. The highest BCUT2D eigenvalue weighted by Crippen LogP contribution is 2.29. The average Bonchev–Trinajstić information content (AvgIpc) is 2.34. The lowest BCUT2D eigenvalue weighted by Crippen LogP contribution is -1.98. The van der Waals surface area contributed by atoms with Crippen molar-refractivity contribution in [3.05, 3.63) is 36.2 Å². The van der Waals surface area contributed by atoms with E-state index in [1.54, 1.807) is 18.3 Å². The number of rotatable bonds is 3. The van der Waals surface area contributed by atoms with E-state index in [4.69, 9.17) is 4.74 Å². The van der Waals surface area contributed by atoms with Crippen molar-refractivity contribution in [1.82, 2.24) is 9.97 Å². The number of hydrogen-bond acceptors (Lipinski definition) is 5. The maximum Gasteiger partial charge on any atom is 0.233 e. The number of methoxy groups -OCH3 is 1. The zero-order valence-electron chi connectivity index (χ0n) is 9.64. The summed E-state index contributed by atoms with van der Waals surface area (Å²) >= 11 is 0. The predicted molar refractivity (Wildman–Crippen MR) is 64.7 cm³/mol. The van der Waals surface area contributed by atoms with Gasteiger partial charge in [-0.3, -0.25) is 4.98 Å². The number of para-hydroxylation sites is 1. The minimum Gasteiger partial charge on any atom is -0.506 e. The van der Waals surface area contributed by atoms with E-state index in [1.165, 1.54) is 13.3 Å². The number of phenols is 1. The SMILES string of the molecule is COc1cncc(Nc2c(C)cccc2O)n1. The summed E-state index contributed by atoms with van der Waals surface area (Å²) in [5, 5.41) is 12.7. The first kappa shape index (κ1) is 11.2. The van der Waals surface area contributed by atoms with E-state index in [1.807, 2.05) is 13.0 Å². The fraction of sp³-hybridized carbons (Fsp3) is 0.167. The molecule has 17 heavy (non-hydrogen) atoms. The zero-order chi connectivity index (χ0) is 12.3. The second-order valence-electron chi connectivity index (χ2n) is 3.54. The fourth-order valence-corrected chi connectivity index (χ4v) is 1.45. The van der Waals surface area contributed by atoms with Crippen LogP contribution in [-0.4, -0.2) is 22.2 Å². The van der Waals surface area contributed by atoms with E-state index in [2.05, 4.69) is 15.3 Å². The van der Waals surface area contributed by atoms with Crippen LogP contribution < -0.4 is 10.1 Å². The van der Waals surface area contributed by atoms with Crippen LogP contribution >= 0.6 is 0 Å². The Morgan fingerprint density at radius 1 is 1.29 bits per heavy atom. The second kappa shape index (κ2) is 4.69. The van der Waals surface area contributed by atoms with Crippen LogP contribution in [0.15, 0.2) is 30.6 Å². The van der Waals surface area contributed by atoms with Gasteiger partial charge in [0.25, 0.3) is 0 Å². The molecule has 2 rings (SSSR count). The summed E-state index contributed by atoms with van der Waals surface area (Å²) in [6, 6.07) is 5.30. The number of aromatic nitrogens is 2. The molecule has 0 saturated carbocycles. The summed E-state index contributed by atoms with van der Waals surface area (Å²) in [6.07, 6.45) is 3.08. The predicted octanol–water partition coefficient (Wildman–Crippen LogP) is 2.24. The largest absolute Gasteiger partial charge is 0.506 e. The molecule has 0 aliphatic heterocycles. The van der Waals surface area contributed by atoms with Crippen LogP contribution in [0, 0.1) is 6.92 Å². The van der Waals surface area contributed by atoms with Gasteiger partial charge in [-0.2, -0.15) is 4.98 Å². The maximum absolute atomic E-state index is 9.74. The second-order valence-corrected chi connectivity index (χ2v) is 3.54. The minimum absolute atomic E-state index is 0.176. The molecular formula is C12H13N3O2. The van der Waals surface area contributed by atoms with Crippen molar-refractivity contribution in [2.75, 3.05) is 12.4 Å². The van der Waals surface area contributed by atoms with Crippen LogP contribution in [0.1, 0.15) is 5.56 Å². The van der Waals surface area contributed by atoms with Gasteiger partial charge in [0.1, 0.15) is 5.75 Å². The lowest BCUT2D eigenvalue weighted by atomic mass is 10.2. The van der Waals surface area contributed by atoms with E-state index in [0.29, 0.717) is 17.4 Å².